The number of piperidine rings is 1. The summed E-state index contributed by atoms with van der Waals surface area (Å²) in [6.45, 7) is 1.23. The summed E-state index contributed by atoms with van der Waals surface area (Å²) in [6.07, 6.45) is 4.67. The van der Waals surface area contributed by atoms with E-state index in [0.29, 0.717) is 43.0 Å². The zero-order valence-corrected chi connectivity index (χ0v) is 14.8. The molecule has 0 bridgehead atoms. The van der Waals surface area contributed by atoms with Crippen molar-refractivity contribution >= 4 is 34.6 Å². The number of H-pyrrole nitrogens is 1. The number of carboxylic acid groups (broad SMARTS) is 1. The highest BCUT2D eigenvalue weighted by Crippen LogP contribution is 2.37. The van der Waals surface area contributed by atoms with Crippen LogP contribution in [-0.2, 0) is 11.2 Å². The predicted octanol–water partition coefficient (Wildman–Crippen LogP) is 2.92. The first-order chi connectivity index (χ1) is 12.6. The van der Waals surface area contributed by atoms with Crippen molar-refractivity contribution in [3.05, 3.63) is 47.5 Å². The molecule has 1 aliphatic heterocycles. The summed E-state index contributed by atoms with van der Waals surface area (Å²) in [5, 5.41) is 10.6. The molecule has 2 aromatic heterocycles. The van der Waals surface area contributed by atoms with Gasteiger partial charge in [-0.05, 0) is 37.0 Å². The normalized spacial score (nSPS) is 16.7. The number of fused-ring (bicyclic) bond motifs is 1. The third-order valence-corrected chi connectivity index (χ3v) is 5.38. The van der Waals surface area contributed by atoms with Gasteiger partial charge in [-0.25, -0.2) is 15.0 Å². The molecule has 7 nitrogen and oxygen atoms in total. The van der Waals surface area contributed by atoms with Gasteiger partial charge in [-0.1, -0.05) is 23.7 Å². The molecular formula is C18H18ClN5O2. The number of carboxylic acids is 1. The molecule has 0 unspecified atom stereocenters. The lowest BCUT2D eigenvalue weighted by atomic mass is 9.74. The highest BCUT2D eigenvalue weighted by atomic mass is 35.5. The van der Waals surface area contributed by atoms with Crippen LogP contribution >= 0.6 is 11.6 Å². The Hall–Kier alpha value is -2.67. The van der Waals surface area contributed by atoms with Crippen LogP contribution in [0.2, 0.25) is 5.02 Å². The van der Waals surface area contributed by atoms with Crippen molar-refractivity contribution in [1.82, 2.24) is 19.9 Å². The van der Waals surface area contributed by atoms with Crippen molar-refractivity contribution < 1.29 is 9.90 Å². The number of rotatable bonds is 4. The minimum atomic E-state index is -0.773. The number of benzene rings is 1. The smallest absolute Gasteiger partial charge is 0.310 e. The van der Waals surface area contributed by atoms with Crippen LogP contribution in [0.5, 0.6) is 0 Å². The molecule has 0 spiro atoms. The molecular weight excluding hydrogens is 354 g/mol. The van der Waals surface area contributed by atoms with Crippen molar-refractivity contribution in [2.24, 2.45) is 5.41 Å². The van der Waals surface area contributed by atoms with E-state index in [0.717, 1.165) is 16.9 Å². The standard InChI is InChI=1S/C18H18ClN5O2/c19-13-3-1-12(2-4-13)9-18(17(25)26)5-7-24(8-6-18)16-14-15(21-10-20-14)22-11-23-16/h1-4,10-11H,5-9H2,(H,25,26)(H,20,21,22,23). The summed E-state index contributed by atoms with van der Waals surface area (Å²) in [7, 11) is 0. The Bertz CT molecular complexity index is 932. The van der Waals surface area contributed by atoms with Crippen LogP contribution in [0.25, 0.3) is 11.2 Å². The maximum Gasteiger partial charge on any atom is 0.310 e. The quantitative estimate of drug-likeness (QED) is 0.732. The zero-order chi connectivity index (χ0) is 18.1. The number of nitrogens with one attached hydrogen (secondary N) is 1. The summed E-state index contributed by atoms with van der Waals surface area (Å²) in [5.41, 5.74) is 1.62. The van der Waals surface area contributed by atoms with Crippen LogP contribution in [0.1, 0.15) is 18.4 Å². The molecule has 0 saturated carbocycles. The highest BCUT2D eigenvalue weighted by Gasteiger charge is 2.42. The molecule has 1 aliphatic rings. The van der Waals surface area contributed by atoms with Gasteiger partial charge in [-0.2, -0.15) is 0 Å². The van der Waals surface area contributed by atoms with Crippen molar-refractivity contribution in [3.8, 4) is 0 Å². The Morgan fingerprint density at radius 2 is 1.92 bits per heavy atom. The first-order valence-corrected chi connectivity index (χ1v) is 8.82. The lowest BCUT2D eigenvalue weighted by Gasteiger charge is -2.39. The summed E-state index contributed by atoms with van der Waals surface area (Å²) in [5.74, 6) is 0.0273. The molecule has 26 heavy (non-hydrogen) atoms. The minimum Gasteiger partial charge on any atom is -0.481 e. The van der Waals surface area contributed by atoms with Gasteiger partial charge in [-0.3, -0.25) is 4.79 Å². The number of hydrogen-bond donors (Lipinski definition) is 2. The van der Waals surface area contributed by atoms with Crippen LogP contribution in [0, 0.1) is 5.41 Å². The molecule has 4 rings (SSSR count). The lowest BCUT2D eigenvalue weighted by Crippen LogP contribution is -2.46. The van der Waals surface area contributed by atoms with Crippen LogP contribution in [0.15, 0.2) is 36.9 Å². The molecule has 3 aromatic rings. The monoisotopic (exact) mass is 371 g/mol. The average molecular weight is 372 g/mol. The molecule has 0 aliphatic carbocycles. The van der Waals surface area contributed by atoms with Gasteiger partial charge in [0.05, 0.1) is 11.7 Å². The molecule has 0 radical (unpaired) electrons. The molecule has 8 heteroatoms. The Balaban J connectivity index is 1.55. The Morgan fingerprint density at radius 1 is 1.19 bits per heavy atom. The molecule has 0 atom stereocenters. The van der Waals surface area contributed by atoms with E-state index >= 15 is 0 Å². The number of aliphatic carboxylic acids is 1. The van der Waals surface area contributed by atoms with Gasteiger partial charge < -0.3 is 15.0 Å². The van der Waals surface area contributed by atoms with Gasteiger partial charge in [-0.15, -0.1) is 0 Å². The zero-order valence-electron chi connectivity index (χ0n) is 14.0. The first kappa shape index (κ1) is 16.8. The molecule has 134 valence electrons. The predicted molar refractivity (Wildman–Crippen MR) is 98.4 cm³/mol. The second kappa shape index (κ2) is 6.57. The summed E-state index contributed by atoms with van der Waals surface area (Å²) in [4.78, 5) is 29.9. The van der Waals surface area contributed by atoms with Gasteiger partial charge in [0, 0.05) is 18.1 Å². The van der Waals surface area contributed by atoms with Crippen molar-refractivity contribution in [3.63, 3.8) is 0 Å². The van der Waals surface area contributed by atoms with E-state index in [1.54, 1.807) is 18.5 Å². The molecule has 0 amide bonds. The van der Waals surface area contributed by atoms with E-state index in [1.807, 2.05) is 12.1 Å². The van der Waals surface area contributed by atoms with E-state index in [4.69, 9.17) is 11.6 Å². The minimum absolute atomic E-state index is 0.497. The van der Waals surface area contributed by atoms with Crippen LogP contribution < -0.4 is 4.90 Å². The second-order valence-corrected chi connectivity index (χ2v) is 7.11. The van der Waals surface area contributed by atoms with Crippen molar-refractivity contribution in [1.29, 1.82) is 0 Å². The molecule has 1 saturated heterocycles. The molecule has 1 aromatic carbocycles. The van der Waals surface area contributed by atoms with Crippen LogP contribution in [-0.4, -0.2) is 44.1 Å². The Labute approximate surface area is 155 Å². The summed E-state index contributed by atoms with van der Waals surface area (Å²) < 4.78 is 0. The second-order valence-electron chi connectivity index (χ2n) is 6.67. The van der Waals surface area contributed by atoms with Crippen molar-refractivity contribution in [2.75, 3.05) is 18.0 Å². The third kappa shape index (κ3) is 2.99. The fourth-order valence-corrected chi connectivity index (χ4v) is 3.72. The summed E-state index contributed by atoms with van der Waals surface area (Å²) in [6, 6.07) is 7.41. The summed E-state index contributed by atoms with van der Waals surface area (Å²) >= 11 is 5.93. The van der Waals surface area contributed by atoms with Crippen LogP contribution in [0.4, 0.5) is 5.82 Å². The Kier molecular flexibility index (Phi) is 4.24. The van der Waals surface area contributed by atoms with Gasteiger partial charge in [0.15, 0.2) is 11.5 Å². The SMILES string of the molecule is O=C(O)C1(Cc2ccc(Cl)cc2)CCN(c2ncnc3nc[nH]c23)CC1. The largest absolute Gasteiger partial charge is 0.481 e. The maximum atomic E-state index is 12.1. The third-order valence-electron chi connectivity index (χ3n) is 5.13. The topological polar surface area (TPSA) is 95.0 Å². The number of aromatic nitrogens is 4. The van der Waals surface area contributed by atoms with Gasteiger partial charge in [0.25, 0.3) is 0 Å². The lowest BCUT2D eigenvalue weighted by molar-refractivity contribution is -0.150. The van der Waals surface area contributed by atoms with E-state index in [2.05, 4.69) is 24.8 Å². The van der Waals surface area contributed by atoms with Gasteiger partial charge in [0.2, 0.25) is 0 Å². The molecule has 3 heterocycles. The average Bonchev–Trinajstić information content (AvgIpc) is 3.13. The first-order valence-electron chi connectivity index (χ1n) is 8.44. The number of imidazole rings is 1. The van der Waals surface area contributed by atoms with Crippen molar-refractivity contribution in [2.45, 2.75) is 19.3 Å². The van der Waals surface area contributed by atoms with E-state index < -0.39 is 11.4 Å². The van der Waals surface area contributed by atoms with Gasteiger partial charge >= 0.3 is 5.97 Å². The number of nitrogens with zero attached hydrogens (tertiary/aromatic N) is 4. The molecule has 2 N–H and O–H groups in total. The van der Waals surface area contributed by atoms with E-state index in [1.165, 1.54) is 6.33 Å². The highest BCUT2D eigenvalue weighted by molar-refractivity contribution is 6.30. The number of anilines is 1. The Morgan fingerprint density at radius 3 is 2.62 bits per heavy atom. The molecule has 1 fully saturated rings. The maximum absolute atomic E-state index is 12.1. The van der Waals surface area contributed by atoms with E-state index in [-0.39, 0.29) is 0 Å². The fraction of sp³-hybridized carbons (Fsp3) is 0.333. The number of aromatic amines is 1. The van der Waals surface area contributed by atoms with E-state index in [9.17, 15) is 9.90 Å². The number of halogens is 1. The fourth-order valence-electron chi connectivity index (χ4n) is 3.60. The van der Waals surface area contributed by atoms with Crippen LogP contribution in [0.3, 0.4) is 0 Å². The number of carbonyl (C=O) groups is 1. The van der Waals surface area contributed by atoms with Gasteiger partial charge in [0.1, 0.15) is 11.8 Å². The number of hydrogen-bond acceptors (Lipinski definition) is 5.